The van der Waals surface area contributed by atoms with Crippen LogP contribution in [0.25, 0.3) is 0 Å². The molecule has 1 atom stereocenters. The third-order valence-electron chi connectivity index (χ3n) is 3.38. The van der Waals surface area contributed by atoms with Crippen LogP contribution in [0.2, 0.25) is 0 Å². The van der Waals surface area contributed by atoms with Gasteiger partial charge in [0.25, 0.3) is 0 Å². The third-order valence-corrected chi connectivity index (χ3v) is 3.38. The van der Waals surface area contributed by atoms with E-state index in [-0.39, 0.29) is 11.9 Å². The lowest BCUT2D eigenvalue weighted by Gasteiger charge is -2.24. The molecule has 0 fully saturated rings. The van der Waals surface area contributed by atoms with Crippen molar-refractivity contribution in [3.05, 3.63) is 17.5 Å². The van der Waals surface area contributed by atoms with Gasteiger partial charge in [-0.15, -0.1) is 0 Å². The molecule has 0 saturated carbocycles. The van der Waals surface area contributed by atoms with Gasteiger partial charge in [0.05, 0.1) is 18.8 Å². The molecule has 0 aliphatic heterocycles. The van der Waals surface area contributed by atoms with Crippen LogP contribution in [0.3, 0.4) is 0 Å². The predicted octanol–water partition coefficient (Wildman–Crippen LogP) is 0.912. The maximum atomic E-state index is 11.8. The summed E-state index contributed by atoms with van der Waals surface area (Å²) in [4.78, 5) is 11.8. The number of nitrogens with zero attached hydrogens (tertiary/aromatic N) is 2. The van der Waals surface area contributed by atoms with Crippen molar-refractivity contribution < 1.29 is 4.79 Å². The molecule has 0 spiro atoms. The van der Waals surface area contributed by atoms with E-state index < -0.39 is 0 Å². The van der Waals surface area contributed by atoms with Gasteiger partial charge in [0.2, 0.25) is 5.91 Å². The minimum Gasteiger partial charge on any atom is -0.348 e. The summed E-state index contributed by atoms with van der Waals surface area (Å²) in [7, 11) is 1.96. The van der Waals surface area contributed by atoms with E-state index in [1.54, 1.807) is 0 Å². The molecule has 100 valence electrons. The normalized spacial score (nSPS) is 18.8. The van der Waals surface area contributed by atoms with Crippen molar-refractivity contribution in [3.8, 4) is 0 Å². The highest BCUT2D eigenvalue weighted by atomic mass is 16.2. The minimum absolute atomic E-state index is 0.0606. The number of hydrogen-bond donors (Lipinski definition) is 2. The van der Waals surface area contributed by atoms with Crippen LogP contribution in [-0.4, -0.2) is 28.3 Å². The molecule has 5 heteroatoms. The average Bonchev–Trinajstić information content (AvgIpc) is 2.70. The Hall–Kier alpha value is -1.36. The number of fused-ring (bicyclic) bond motifs is 1. The number of nitrogens with one attached hydrogen (secondary N) is 2. The van der Waals surface area contributed by atoms with Gasteiger partial charge in [0, 0.05) is 24.3 Å². The maximum absolute atomic E-state index is 11.8. The number of carbonyl (C=O) groups excluding carboxylic acids is 1. The van der Waals surface area contributed by atoms with E-state index in [0.717, 1.165) is 19.3 Å². The smallest absolute Gasteiger partial charge is 0.234 e. The summed E-state index contributed by atoms with van der Waals surface area (Å²) in [5, 5.41) is 10.5. The third kappa shape index (κ3) is 2.90. The Bertz CT molecular complexity index is 425. The van der Waals surface area contributed by atoms with E-state index in [0.29, 0.717) is 12.6 Å². The van der Waals surface area contributed by atoms with Crippen LogP contribution in [0.1, 0.15) is 44.0 Å². The second kappa shape index (κ2) is 5.52. The molecular formula is C13H22N4O. The lowest BCUT2D eigenvalue weighted by atomic mass is 9.93. The lowest BCUT2D eigenvalue weighted by molar-refractivity contribution is -0.121. The monoisotopic (exact) mass is 250 g/mol. The van der Waals surface area contributed by atoms with Crippen molar-refractivity contribution in [3.63, 3.8) is 0 Å². The molecule has 1 aromatic heterocycles. The van der Waals surface area contributed by atoms with Gasteiger partial charge in [0.1, 0.15) is 0 Å². The Morgan fingerprint density at radius 1 is 1.61 bits per heavy atom. The van der Waals surface area contributed by atoms with E-state index in [1.807, 2.05) is 31.8 Å². The molecule has 5 nitrogen and oxygen atoms in total. The quantitative estimate of drug-likeness (QED) is 0.835. The van der Waals surface area contributed by atoms with Crippen LogP contribution in [0, 0.1) is 0 Å². The lowest BCUT2D eigenvalue weighted by Crippen LogP contribution is -2.39. The van der Waals surface area contributed by atoms with Gasteiger partial charge in [0.15, 0.2) is 0 Å². The van der Waals surface area contributed by atoms with Crippen molar-refractivity contribution in [2.75, 3.05) is 6.54 Å². The number of rotatable bonds is 4. The molecule has 2 N–H and O–H groups in total. The molecular weight excluding hydrogens is 228 g/mol. The van der Waals surface area contributed by atoms with E-state index >= 15 is 0 Å². The second-order valence-electron chi connectivity index (χ2n) is 5.22. The van der Waals surface area contributed by atoms with Crippen LogP contribution < -0.4 is 10.6 Å². The van der Waals surface area contributed by atoms with Crippen molar-refractivity contribution in [2.45, 2.75) is 45.2 Å². The number of amides is 1. The van der Waals surface area contributed by atoms with Crippen LogP contribution >= 0.6 is 0 Å². The topological polar surface area (TPSA) is 59.0 Å². The zero-order chi connectivity index (χ0) is 13.1. The predicted molar refractivity (Wildman–Crippen MR) is 70.2 cm³/mol. The Labute approximate surface area is 108 Å². The molecule has 0 aromatic carbocycles. The molecule has 1 aromatic rings. The molecule has 1 aliphatic rings. The van der Waals surface area contributed by atoms with E-state index in [1.165, 1.54) is 11.3 Å². The van der Waals surface area contributed by atoms with Crippen molar-refractivity contribution >= 4 is 5.91 Å². The first-order valence-corrected chi connectivity index (χ1v) is 6.61. The Balaban J connectivity index is 1.96. The molecule has 2 rings (SSSR count). The van der Waals surface area contributed by atoms with Crippen LogP contribution in [0.5, 0.6) is 0 Å². The summed E-state index contributed by atoms with van der Waals surface area (Å²) in [5.74, 6) is 0.0606. The van der Waals surface area contributed by atoms with E-state index in [4.69, 9.17) is 0 Å². The van der Waals surface area contributed by atoms with Crippen molar-refractivity contribution in [2.24, 2.45) is 7.05 Å². The first kappa shape index (κ1) is 13.1. The van der Waals surface area contributed by atoms with Crippen molar-refractivity contribution in [1.82, 2.24) is 20.4 Å². The Kier molecular flexibility index (Phi) is 4.01. The molecule has 1 unspecified atom stereocenters. The Morgan fingerprint density at radius 3 is 3.11 bits per heavy atom. The van der Waals surface area contributed by atoms with Gasteiger partial charge >= 0.3 is 0 Å². The highest BCUT2D eigenvalue weighted by Crippen LogP contribution is 2.28. The van der Waals surface area contributed by atoms with Crippen LogP contribution in [0.4, 0.5) is 0 Å². The summed E-state index contributed by atoms with van der Waals surface area (Å²) in [6, 6.07) is 0.458. The summed E-state index contributed by atoms with van der Waals surface area (Å²) in [6.45, 7) is 4.45. The zero-order valence-corrected chi connectivity index (χ0v) is 11.4. The fraction of sp³-hybridized carbons (Fsp3) is 0.692. The van der Waals surface area contributed by atoms with Gasteiger partial charge in [-0.3, -0.25) is 9.48 Å². The first-order valence-electron chi connectivity index (χ1n) is 6.61. The average molecular weight is 250 g/mol. The van der Waals surface area contributed by atoms with Gasteiger partial charge in [-0.25, -0.2) is 0 Å². The SMILES string of the molecule is CC(C)NCC(=O)NC1CCCc2c1cnn2C. The molecule has 18 heavy (non-hydrogen) atoms. The fourth-order valence-corrected chi connectivity index (χ4v) is 2.40. The molecule has 0 bridgehead atoms. The molecule has 1 aliphatic carbocycles. The number of carbonyl (C=O) groups is 1. The molecule has 1 heterocycles. The maximum Gasteiger partial charge on any atom is 0.234 e. The zero-order valence-electron chi connectivity index (χ0n) is 11.4. The van der Waals surface area contributed by atoms with Gasteiger partial charge < -0.3 is 10.6 Å². The highest BCUT2D eigenvalue weighted by molar-refractivity contribution is 5.78. The van der Waals surface area contributed by atoms with Gasteiger partial charge in [-0.2, -0.15) is 5.10 Å². The number of hydrogen-bond acceptors (Lipinski definition) is 3. The molecule has 1 amide bonds. The molecule has 0 saturated heterocycles. The van der Waals surface area contributed by atoms with Crippen LogP contribution in [-0.2, 0) is 18.3 Å². The van der Waals surface area contributed by atoms with E-state index in [9.17, 15) is 4.79 Å². The summed E-state index contributed by atoms with van der Waals surface area (Å²) in [6.07, 6.45) is 5.05. The van der Waals surface area contributed by atoms with Crippen molar-refractivity contribution in [1.29, 1.82) is 0 Å². The number of aromatic nitrogens is 2. The summed E-state index contributed by atoms with van der Waals surface area (Å²) < 4.78 is 1.92. The Morgan fingerprint density at radius 2 is 2.39 bits per heavy atom. The standard InChI is InChI=1S/C13H22N4O/c1-9(2)14-8-13(18)16-11-5-4-6-12-10(11)7-15-17(12)3/h7,9,11,14H,4-6,8H2,1-3H3,(H,16,18). The van der Waals surface area contributed by atoms with Gasteiger partial charge in [-0.05, 0) is 19.3 Å². The van der Waals surface area contributed by atoms with Gasteiger partial charge in [-0.1, -0.05) is 13.8 Å². The molecule has 0 radical (unpaired) electrons. The minimum atomic E-state index is 0.0606. The highest BCUT2D eigenvalue weighted by Gasteiger charge is 2.24. The fourth-order valence-electron chi connectivity index (χ4n) is 2.40. The number of aryl methyl sites for hydroxylation is 1. The largest absolute Gasteiger partial charge is 0.348 e. The second-order valence-corrected chi connectivity index (χ2v) is 5.22. The summed E-state index contributed by atoms with van der Waals surface area (Å²) in [5.41, 5.74) is 2.44. The summed E-state index contributed by atoms with van der Waals surface area (Å²) >= 11 is 0. The van der Waals surface area contributed by atoms with Crippen LogP contribution in [0.15, 0.2) is 6.20 Å². The van der Waals surface area contributed by atoms with E-state index in [2.05, 4.69) is 15.7 Å². The first-order chi connectivity index (χ1) is 8.58.